The van der Waals surface area contributed by atoms with Crippen LogP contribution < -0.4 is 18.9 Å². The number of hydrogen-bond donors (Lipinski definition) is 0. The van der Waals surface area contributed by atoms with E-state index in [1.54, 1.807) is 6.07 Å². The van der Waals surface area contributed by atoms with Crippen molar-refractivity contribution in [2.75, 3.05) is 34.6 Å². The van der Waals surface area contributed by atoms with Gasteiger partial charge in [-0.2, -0.15) is 0 Å². The van der Waals surface area contributed by atoms with Gasteiger partial charge in [0.1, 0.15) is 11.3 Å². The first-order valence-electron chi connectivity index (χ1n) is 11.4. The second kappa shape index (κ2) is 9.72. The number of carbonyl (C=O) groups excluding carboxylic acids is 1. The Balaban J connectivity index is 1.45. The van der Waals surface area contributed by atoms with Crippen molar-refractivity contribution in [2.24, 2.45) is 0 Å². The van der Waals surface area contributed by atoms with Crippen molar-refractivity contribution in [2.45, 2.75) is 13.0 Å². The lowest BCUT2D eigenvalue weighted by atomic mass is 10.00. The van der Waals surface area contributed by atoms with Crippen molar-refractivity contribution in [1.82, 2.24) is 4.90 Å². The first-order chi connectivity index (χ1) is 17.1. The Hall–Kier alpha value is -3.97. The first-order valence-corrected chi connectivity index (χ1v) is 11.4. The van der Waals surface area contributed by atoms with Crippen LogP contribution in [0.2, 0.25) is 0 Å². The Bertz CT molecular complexity index is 1280. The summed E-state index contributed by atoms with van der Waals surface area (Å²) < 4.78 is 27.7. The lowest BCUT2D eigenvalue weighted by molar-refractivity contribution is 0.0713. The summed E-state index contributed by atoms with van der Waals surface area (Å²) in [6.07, 6.45) is 2.66. The Morgan fingerprint density at radius 1 is 1.00 bits per heavy atom. The highest BCUT2D eigenvalue weighted by Gasteiger charge is 2.32. The fourth-order valence-corrected chi connectivity index (χ4v) is 4.43. The van der Waals surface area contributed by atoms with Crippen molar-refractivity contribution >= 4 is 17.8 Å². The van der Waals surface area contributed by atoms with Gasteiger partial charge in [0.15, 0.2) is 23.0 Å². The maximum absolute atomic E-state index is 12.7. The van der Waals surface area contributed by atoms with Crippen LogP contribution in [-0.4, -0.2) is 45.5 Å². The van der Waals surface area contributed by atoms with E-state index in [1.165, 1.54) is 19.8 Å². The summed E-state index contributed by atoms with van der Waals surface area (Å²) in [6, 6.07) is 17.9. The van der Waals surface area contributed by atoms with E-state index in [9.17, 15) is 4.79 Å². The summed E-state index contributed by atoms with van der Waals surface area (Å²) in [5.74, 6) is 2.25. The number of nitrogens with zero attached hydrogens (tertiary/aromatic N) is 1. The minimum Gasteiger partial charge on any atom is -0.493 e. The number of hydrogen-bond acceptors (Lipinski definition) is 7. The molecule has 0 atom stereocenters. The van der Waals surface area contributed by atoms with Crippen molar-refractivity contribution in [3.05, 3.63) is 82.4 Å². The molecule has 2 aliphatic heterocycles. The number of rotatable bonds is 8. The van der Waals surface area contributed by atoms with Crippen LogP contribution in [0, 0.1) is 0 Å². The Morgan fingerprint density at radius 2 is 1.77 bits per heavy atom. The molecule has 0 unspecified atom stereocenters. The molecule has 7 nitrogen and oxygen atoms in total. The van der Waals surface area contributed by atoms with Gasteiger partial charge in [-0.25, -0.2) is 4.79 Å². The zero-order chi connectivity index (χ0) is 24.4. The largest absolute Gasteiger partial charge is 0.493 e. The lowest BCUT2D eigenvalue weighted by Crippen LogP contribution is -2.21. The van der Waals surface area contributed by atoms with Gasteiger partial charge in [0.05, 0.1) is 14.2 Å². The predicted molar refractivity (Wildman–Crippen MR) is 132 cm³/mol. The number of likely N-dealkylation sites (N-methyl/N-ethyl adjacent to an activating group) is 1. The van der Waals surface area contributed by atoms with E-state index < -0.39 is 5.97 Å². The van der Waals surface area contributed by atoms with Crippen LogP contribution in [0.3, 0.4) is 0 Å². The summed E-state index contributed by atoms with van der Waals surface area (Å²) in [4.78, 5) is 15.0. The Kier molecular flexibility index (Phi) is 6.33. The number of esters is 1. The monoisotopic (exact) mass is 473 g/mol. The molecule has 0 fully saturated rings. The van der Waals surface area contributed by atoms with E-state index >= 15 is 0 Å². The highest BCUT2D eigenvalue weighted by Crippen LogP contribution is 2.43. The second-order valence-corrected chi connectivity index (χ2v) is 8.50. The molecule has 0 saturated heterocycles. The van der Waals surface area contributed by atoms with Gasteiger partial charge in [-0.1, -0.05) is 30.3 Å². The van der Waals surface area contributed by atoms with Crippen molar-refractivity contribution < 1.29 is 28.5 Å². The van der Waals surface area contributed by atoms with Crippen LogP contribution in [0.4, 0.5) is 0 Å². The quantitative estimate of drug-likeness (QED) is 0.437. The zero-order valence-electron chi connectivity index (χ0n) is 20.0. The van der Waals surface area contributed by atoms with Crippen molar-refractivity contribution in [3.8, 4) is 23.0 Å². The fourth-order valence-electron chi connectivity index (χ4n) is 4.43. The molecule has 35 heavy (non-hydrogen) atoms. The third-order valence-electron chi connectivity index (χ3n) is 6.20. The van der Waals surface area contributed by atoms with Gasteiger partial charge in [-0.3, -0.25) is 0 Å². The second-order valence-electron chi connectivity index (χ2n) is 8.50. The van der Waals surface area contributed by atoms with Crippen LogP contribution in [0.1, 0.15) is 32.6 Å². The number of methoxy groups -OCH3 is 2. The van der Waals surface area contributed by atoms with E-state index in [0.717, 1.165) is 36.4 Å². The molecule has 180 valence electrons. The lowest BCUT2D eigenvalue weighted by Gasteiger charge is -2.18. The molecule has 0 radical (unpaired) electrons. The van der Waals surface area contributed by atoms with Gasteiger partial charge in [-0.15, -0.1) is 0 Å². The third-order valence-corrected chi connectivity index (χ3v) is 6.20. The van der Waals surface area contributed by atoms with Crippen LogP contribution in [-0.2, 0) is 17.7 Å². The highest BCUT2D eigenvalue weighted by atomic mass is 16.7. The van der Waals surface area contributed by atoms with E-state index in [4.69, 9.17) is 23.7 Å². The van der Waals surface area contributed by atoms with E-state index in [1.807, 2.05) is 30.3 Å². The molecule has 0 spiro atoms. The number of carbonyl (C=O) groups is 1. The molecule has 5 rings (SSSR count). The number of benzene rings is 3. The summed E-state index contributed by atoms with van der Waals surface area (Å²) in [5, 5.41) is 0. The van der Waals surface area contributed by atoms with Gasteiger partial charge in [0, 0.05) is 18.7 Å². The molecule has 7 heteroatoms. The molecule has 0 amide bonds. The van der Waals surface area contributed by atoms with E-state index in [-0.39, 0.29) is 6.79 Å². The summed E-state index contributed by atoms with van der Waals surface area (Å²) >= 11 is 0. The van der Waals surface area contributed by atoms with Crippen molar-refractivity contribution in [3.63, 3.8) is 0 Å². The fraction of sp³-hybridized carbons (Fsp3) is 0.250. The minimum atomic E-state index is -0.466. The number of cyclic esters (lactones) is 1. The number of fused-ring (bicyclic) bond motifs is 2. The van der Waals surface area contributed by atoms with Gasteiger partial charge in [0.25, 0.3) is 0 Å². The van der Waals surface area contributed by atoms with Gasteiger partial charge >= 0.3 is 5.97 Å². The van der Waals surface area contributed by atoms with Crippen LogP contribution in [0.5, 0.6) is 23.0 Å². The number of ether oxygens (including phenoxy) is 5. The van der Waals surface area contributed by atoms with Gasteiger partial charge < -0.3 is 28.6 Å². The molecular formula is C28H27NO6. The molecule has 0 aromatic heterocycles. The Morgan fingerprint density at radius 3 is 2.51 bits per heavy atom. The normalized spacial score (nSPS) is 14.9. The predicted octanol–water partition coefficient (Wildman–Crippen LogP) is 4.78. The third kappa shape index (κ3) is 4.55. The minimum absolute atomic E-state index is 0.192. The molecule has 2 aliphatic rings. The molecular weight excluding hydrogens is 446 g/mol. The molecule has 0 bridgehead atoms. The Labute approximate surface area is 204 Å². The van der Waals surface area contributed by atoms with Crippen molar-refractivity contribution in [1.29, 1.82) is 0 Å². The summed E-state index contributed by atoms with van der Waals surface area (Å²) in [7, 11) is 5.15. The molecule has 0 aliphatic carbocycles. The average molecular weight is 474 g/mol. The standard InChI is InChI=1S/C28H27NO6/c1-29(16-18-7-5-4-6-8-18)12-11-19-13-24-25(34-17-33-24)15-20(19)14-23-21-9-10-22(31-2)27(32-3)26(21)28(30)35-23/h4-10,13-15H,11-12,16-17H2,1-3H3. The van der Waals surface area contributed by atoms with Crippen LogP contribution >= 0.6 is 0 Å². The topological polar surface area (TPSA) is 66.5 Å². The van der Waals surface area contributed by atoms with Gasteiger partial charge in [0.2, 0.25) is 6.79 Å². The van der Waals surface area contributed by atoms with Crippen LogP contribution in [0.15, 0.2) is 54.6 Å². The molecule has 0 saturated carbocycles. The average Bonchev–Trinajstić information content (AvgIpc) is 3.46. The molecule has 3 aromatic rings. The maximum atomic E-state index is 12.7. The zero-order valence-corrected chi connectivity index (χ0v) is 20.0. The van der Waals surface area contributed by atoms with E-state index in [0.29, 0.717) is 34.1 Å². The van der Waals surface area contributed by atoms with Crippen LogP contribution in [0.25, 0.3) is 11.8 Å². The smallest absolute Gasteiger partial charge is 0.348 e. The molecule has 3 aromatic carbocycles. The van der Waals surface area contributed by atoms with Gasteiger partial charge in [-0.05, 0) is 60.5 Å². The molecule has 2 heterocycles. The highest BCUT2D eigenvalue weighted by molar-refractivity contribution is 6.08. The summed E-state index contributed by atoms with van der Waals surface area (Å²) in [6.45, 7) is 1.89. The molecule has 0 N–H and O–H groups in total. The van der Waals surface area contributed by atoms with E-state index in [2.05, 4.69) is 36.2 Å². The summed E-state index contributed by atoms with van der Waals surface area (Å²) in [5.41, 5.74) is 4.28. The SMILES string of the molecule is COc1ccc2c(c1OC)C(=O)OC2=Cc1cc2c(cc1CCN(C)Cc1ccccc1)OCO2. The first kappa shape index (κ1) is 22.8. The maximum Gasteiger partial charge on any atom is 0.348 e.